The highest BCUT2D eigenvalue weighted by Crippen LogP contribution is 2.12. The van der Waals surface area contributed by atoms with Crippen LogP contribution >= 0.6 is 0 Å². The molecular formula is C8H13O4. The van der Waals surface area contributed by atoms with E-state index in [1.807, 2.05) is 6.92 Å². The Kier molecular flexibility index (Phi) is 5.08. The number of aliphatic carboxylic acids is 2. The molecule has 0 amide bonds. The Hall–Kier alpha value is -1.06. The number of carboxylic acid groups (broad SMARTS) is 2. The fourth-order valence-electron chi connectivity index (χ4n) is 0.934. The van der Waals surface area contributed by atoms with E-state index in [0.717, 1.165) is 12.8 Å². The van der Waals surface area contributed by atoms with Crippen LogP contribution in [0.15, 0.2) is 0 Å². The molecule has 0 fully saturated rings. The fourth-order valence-corrected chi connectivity index (χ4v) is 0.934. The molecule has 1 unspecified atom stereocenters. The minimum absolute atomic E-state index is 0.110. The molecule has 0 saturated heterocycles. The number of carbonyl (C=O) groups is 2. The number of hydrogen-bond acceptors (Lipinski definition) is 2. The molecule has 4 nitrogen and oxygen atoms in total. The maximum absolute atomic E-state index is 10.5. The number of rotatable bonds is 6. The summed E-state index contributed by atoms with van der Waals surface area (Å²) >= 11 is 0. The summed E-state index contributed by atoms with van der Waals surface area (Å²) in [6.07, 6.45) is 2.39. The summed E-state index contributed by atoms with van der Waals surface area (Å²) in [5.41, 5.74) is 0. The predicted octanol–water partition coefficient (Wildman–Crippen LogP) is 1.17. The highest BCUT2D eigenvalue weighted by molar-refractivity contribution is 5.78. The summed E-state index contributed by atoms with van der Waals surface area (Å²) in [4.78, 5) is 20.6. The van der Waals surface area contributed by atoms with Gasteiger partial charge in [-0.25, -0.2) is 0 Å². The lowest BCUT2D eigenvalue weighted by atomic mass is 9.98. The summed E-state index contributed by atoms with van der Waals surface area (Å²) < 4.78 is 0. The summed E-state index contributed by atoms with van der Waals surface area (Å²) in [7, 11) is 0. The van der Waals surface area contributed by atoms with Crippen LogP contribution in [0.25, 0.3) is 0 Å². The van der Waals surface area contributed by atoms with Gasteiger partial charge in [0, 0.05) is 0 Å². The molecular weight excluding hydrogens is 160 g/mol. The third-order valence-electron chi connectivity index (χ3n) is 1.56. The van der Waals surface area contributed by atoms with Crippen molar-refractivity contribution in [2.45, 2.75) is 26.2 Å². The van der Waals surface area contributed by atoms with Gasteiger partial charge in [-0.05, 0) is 12.8 Å². The number of carboxylic acids is 2. The Labute approximate surface area is 71.2 Å². The molecule has 0 bridgehead atoms. The number of hydrogen-bond donors (Lipinski definition) is 2. The molecule has 0 heterocycles. The first-order chi connectivity index (χ1) is 5.57. The van der Waals surface area contributed by atoms with Gasteiger partial charge in [0.1, 0.15) is 0 Å². The van der Waals surface area contributed by atoms with Crippen LogP contribution in [-0.2, 0) is 9.59 Å². The minimum Gasteiger partial charge on any atom is -0.481 e. The Morgan fingerprint density at radius 1 is 1.42 bits per heavy atom. The van der Waals surface area contributed by atoms with Crippen molar-refractivity contribution in [3.05, 3.63) is 6.42 Å². The van der Waals surface area contributed by atoms with Crippen LogP contribution < -0.4 is 0 Å². The van der Waals surface area contributed by atoms with Crippen molar-refractivity contribution >= 4 is 11.9 Å². The molecule has 2 N–H and O–H groups in total. The van der Waals surface area contributed by atoms with Crippen molar-refractivity contribution in [3.8, 4) is 0 Å². The monoisotopic (exact) mass is 173 g/mol. The normalized spacial score (nSPS) is 12.4. The van der Waals surface area contributed by atoms with Crippen LogP contribution in [0.4, 0.5) is 0 Å². The molecule has 0 aromatic rings. The second-order valence-electron chi connectivity index (χ2n) is 2.60. The van der Waals surface area contributed by atoms with Crippen LogP contribution in [0.3, 0.4) is 0 Å². The SMILES string of the molecule is CCCC(C[CH]C(=O)O)C(=O)O. The third-order valence-corrected chi connectivity index (χ3v) is 1.56. The molecule has 1 atom stereocenters. The Morgan fingerprint density at radius 3 is 2.33 bits per heavy atom. The van der Waals surface area contributed by atoms with Crippen LogP contribution in [0, 0.1) is 12.3 Å². The quantitative estimate of drug-likeness (QED) is 0.632. The van der Waals surface area contributed by atoms with Gasteiger partial charge in [0.25, 0.3) is 0 Å². The first-order valence-corrected chi connectivity index (χ1v) is 3.86. The summed E-state index contributed by atoms with van der Waals surface area (Å²) in [5, 5.41) is 16.9. The van der Waals surface area contributed by atoms with Gasteiger partial charge in [-0.15, -0.1) is 0 Å². The van der Waals surface area contributed by atoms with E-state index in [-0.39, 0.29) is 6.42 Å². The van der Waals surface area contributed by atoms with Crippen molar-refractivity contribution < 1.29 is 19.8 Å². The van der Waals surface area contributed by atoms with Crippen molar-refractivity contribution in [1.82, 2.24) is 0 Å². The topological polar surface area (TPSA) is 74.6 Å². The van der Waals surface area contributed by atoms with Gasteiger partial charge in [-0.3, -0.25) is 9.59 Å². The van der Waals surface area contributed by atoms with Gasteiger partial charge in [0.05, 0.1) is 12.3 Å². The van der Waals surface area contributed by atoms with E-state index in [1.165, 1.54) is 0 Å². The molecule has 69 valence electrons. The average Bonchev–Trinajstić information content (AvgIpc) is 1.96. The zero-order chi connectivity index (χ0) is 9.56. The van der Waals surface area contributed by atoms with E-state index in [4.69, 9.17) is 10.2 Å². The Balaban J connectivity index is 3.79. The highest BCUT2D eigenvalue weighted by atomic mass is 16.4. The highest BCUT2D eigenvalue weighted by Gasteiger charge is 2.17. The van der Waals surface area contributed by atoms with E-state index in [2.05, 4.69) is 0 Å². The zero-order valence-electron chi connectivity index (χ0n) is 6.99. The van der Waals surface area contributed by atoms with Crippen LogP contribution in [-0.4, -0.2) is 22.2 Å². The molecule has 0 aliphatic heterocycles. The fraction of sp³-hybridized carbons (Fsp3) is 0.625. The maximum Gasteiger partial charge on any atom is 0.307 e. The molecule has 1 radical (unpaired) electrons. The van der Waals surface area contributed by atoms with Gasteiger partial charge in [-0.1, -0.05) is 13.3 Å². The van der Waals surface area contributed by atoms with Crippen LogP contribution in [0.2, 0.25) is 0 Å². The lowest BCUT2D eigenvalue weighted by Gasteiger charge is -2.07. The molecule has 0 rings (SSSR count). The van der Waals surface area contributed by atoms with Crippen molar-refractivity contribution in [1.29, 1.82) is 0 Å². The second kappa shape index (κ2) is 5.57. The maximum atomic E-state index is 10.5. The first-order valence-electron chi connectivity index (χ1n) is 3.86. The lowest BCUT2D eigenvalue weighted by molar-refractivity contribution is -0.142. The predicted molar refractivity (Wildman–Crippen MR) is 42.6 cm³/mol. The first kappa shape index (κ1) is 10.9. The van der Waals surface area contributed by atoms with Crippen molar-refractivity contribution in [2.75, 3.05) is 0 Å². The Morgan fingerprint density at radius 2 is 2.00 bits per heavy atom. The van der Waals surface area contributed by atoms with Crippen LogP contribution in [0.5, 0.6) is 0 Å². The molecule has 4 heteroatoms. The molecule has 12 heavy (non-hydrogen) atoms. The molecule has 0 aromatic heterocycles. The van der Waals surface area contributed by atoms with Crippen molar-refractivity contribution in [3.63, 3.8) is 0 Å². The van der Waals surface area contributed by atoms with E-state index < -0.39 is 17.9 Å². The molecule has 0 aliphatic rings. The average molecular weight is 173 g/mol. The van der Waals surface area contributed by atoms with E-state index >= 15 is 0 Å². The largest absolute Gasteiger partial charge is 0.481 e. The molecule has 0 aromatic carbocycles. The smallest absolute Gasteiger partial charge is 0.307 e. The lowest BCUT2D eigenvalue weighted by Crippen LogP contribution is -2.15. The third kappa shape index (κ3) is 4.71. The van der Waals surface area contributed by atoms with Crippen molar-refractivity contribution in [2.24, 2.45) is 5.92 Å². The summed E-state index contributed by atoms with van der Waals surface area (Å²) in [6.45, 7) is 1.87. The second-order valence-corrected chi connectivity index (χ2v) is 2.60. The summed E-state index contributed by atoms with van der Waals surface area (Å²) in [6, 6.07) is 0. The summed E-state index contributed by atoms with van der Waals surface area (Å²) in [5.74, 6) is -2.53. The van der Waals surface area contributed by atoms with Gasteiger partial charge in [0.15, 0.2) is 0 Å². The van der Waals surface area contributed by atoms with Gasteiger partial charge in [-0.2, -0.15) is 0 Å². The van der Waals surface area contributed by atoms with Gasteiger partial charge >= 0.3 is 11.9 Å². The van der Waals surface area contributed by atoms with E-state index in [9.17, 15) is 9.59 Å². The van der Waals surface area contributed by atoms with E-state index in [0.29, 0.717) is 6.42 Å². The van der Waals surface area contributed by atoms with Crippen LogP contribution in [0.1, 0.15) is 26.2 Å². The Bertz CT molecular complexity index is 164. The molecule has 0 aliphatic carbocycles. The minimum atomic E-state index is -1.06. The zero-order valence-corrected chi connectivity index (χ0v) is 6.99. The standard InChI is InChI=1S/C8H13O4/c1-2-3-6(8(11)12)4-5-7(9)10/h5-6H,2-4H2,1H3,(H,9,10)(H,11,12). The van der Waals surface area contributed by atoms with Gasteiger partial charge in [0.2, 0.25) is 0 Å². The molecule has 0 saturated carbocycles. The molecule has 0 spiro atoms. The van der Waals surface area contributed by atoms with E-state index in [1.54, 1.807) is 0 Å². The van der Waals surface area contributed by atoms with Gasteiger partial charge < -0.3 is 10.2 Å².